The van der Waals surface area contributed by atoms with E-state index < -0.39 is 0 Å². The van der Waals surface area contributed by atoms with Crippen LogP contribution in [-0.2, 0) is 11.3 Å². The Morgan fingerprint density at radius 1 is 1.37 bits per heavy atom. The summed E-state index contributed by atoms with van der Waals surface area (Å²) in [6.45, 7) is 0.497. The fourth-order valence-corrected chi connectivity index (χ4v) is 2.47. The Morgan fingerprint density at radius 2 is 2.16 bits per heavy atom. The molecule has 0 saturated heterocycles. The summed E-state index contributed by atoms with van der Waals surface area (Å²) in [4.78, 5) is 0. The molecular weight excluding hydrogens is 240 g/mol. The molecule has 1 aliphatic carbocycles. The van der Waals surface area contributed by atoms with Crippen molar-refractivity contribution in [2.45, 2.75) is 44.4 Å². The van der Waals surface area contributed by atoms with Crippen LogP contribution in [0.25, 0.3) is 0 Å². The molecule has 2 atom stereocenters. The fourth-order valence-electron chi connectivity index (χ4n) is 2.47. The van der Waals surface area contributed by atoms with Crippen molar-refractivity contribution in [1.82, 2.24) is 0 Å². The maximum absolute atomic E-state index is 9.04. The van der Waals surface area contributed by atoms with Gasteiger partial charge in [0.1, 0.15) is 11.8 Å². The molecule has 0 aliphatic heterocycles. The first-order chi connectivity index (χ1) is 9.24. The summed E-state index contributed by atoms with van der Waals surface area (Å²) < 4.78 is 11.0. The highest BCUT2D eigenvalue weighted by Crippen LogP contribution is 2.23. The number of methoxy groups -OCH3 is 1. The van der Waals surface area contributed by atoms with Crippen LogP contribution in [0.15, 0.2) is 18.2 Å². The normalized spacial score (nSPS) is 22.8. The van der Waals surface area contributed by atoms with Gasteiger partial charge in [-0.15, -0.1) is 0 Å². The lowest BCUT2D eigenvalue weighted by Gasteiger charge is -2.28. The van der Waals surface area contributed by atoms with Crippen LogP contribution in [0, 0.1) is 11.3 Å². The largest absolute Gasteiger partial charge is 0.495 e. The molecule has 4 heteroatoms. The van der Waals surface area contributed by atoms with Gasteiger partial charge in [0.25, 0.3) is 0 Å². The van der Waals surface area contributed by atoms with E-state index in [4.69, 9.17) is 20.5 Å². The molecule has 1 aromatic carbocycles. The number of ether oxygens (including phenoxy) is 2. The average molecular weight is 260 g/mol. The van der Waals surface area contributed by atoms with E-state index in [1.165, 1.54) is 12.8 Å². The summed E-state index contributed by atoms with van der Waals surface area (Å²) in [5.41, 5.74) is 7.57. The molecule has 1 fully saturated rings. The molecule has 0 spiro atoms. The van der Waals surface area contributed by atoms with Crippen molar-refractivity contribution in [2.75, 3.05) is 7.11 Å². The van der Waals surface area contributed by atoms with Crippen LogP contribution in [-0.4, -0.2) is 19.3 Å². The number of rotatable bonds is 4. The number of nitrogens with zero attached hydrogens (tertiary/aromatic N) is 1. The molecule has 1 aliphatic rings. The highest BCUT2D eigenvalue weighted by atomic mass is 16.5. The standard InChI is InChI=1S/C15H20N2O2/c1-18-14-7-6-11(8-12(14)9-16)10-19-15-5-3-2-4-13(15)17/h6-8,13,15H,2-5,10,17H2,1H3. The van der Waals surface area contributed by atoms with E-state index in [2.05, 4.69) is 6.07 Å². The molecule has 2 unspecified atom stereocenters. The molecule has 1 saturated carbocycles. The molecule has 1 aromatic rings. The van der Waals surface area contributed by atoms with Crippen LogP contribution < -0.4 is 10.5 Å². The van der Waals surface area contributed by atoms with Gasteiger partial charge in [0.05, 0.1) is 25.4 Å². The quantitative estimate of drug-likeness (QED) is 0.902. The van der Waals surface area contributed by atoms with Crippen LogP contribution in [0.1, 0.15) is 36.8 Å². The van der Waals surface area contributed by atoms with Gasteiger partial charge in [0, 0.05) is 6.04 Å². The smallest absolute Gasteiger partial charge is 0.136 e. The lowest BCUT2D eigenvalue weighted by molar-refractivity contribution is 0.00402. The third-order valence-corrected chi connectivity index (χ3v) is 3.60. The van der Waals surface area contributed by atoms with Crippen molar-refractivity contribution in [1.29, 1.82) is 5.26 Å². The van der Waals surface area contributed by atoms with Crippen molar-refractivity contribution < 1.29 is 9.47 Å². The molecule has 19 heavy (non-hydrogen) atoms. The molecule has 0 radical (unpaired) electrons. The number of benzene rings is 1. The van der Waals surface area contributed by atoms with Crippen molar-refractivity contribution in [3.8, 4) is 11.8 Å². The monoisotopic (exact) mass is 260 g/mol. The third-order valence-electron chi connectivity index (χ3n) is 3.60. The molecule has 2 rings (SSSR count). The van der Waals surface area contributed by atoms with E-state index in [-0.39, 0.29) is 12.1 Å². The van der Waals surface area contributed by atoms with Gasteiger partial charge in [-0.2, -0.15) is 5.26 Å². The summed E-state index contributed by atoms with van der Waals surface area (Å²) in [5, 5.41) is 9.04. The van der Waals surface area contributed by atoms with E-state index in [0.717, 1.165) is 18.4 Å². The van der Waals surface area contributed by atoms with Crippen molar-refractivity contribution in [3.63, 3.8) is 0 Å². The van der Waals surface area contributed by atoms with Gasteiger partial charge in [-0.3, -0.25) is 0 Å². The van der Waals surface area contributed by atoms with Gasteiger partial charge in [0.15, 0.2) is 0 Å². The highest BCUT2D eigenvalue weighted by molar-refractivity contribution is 5.45. The first-order valence-electron chi connectivity index (χ1n) is 6.69. The second-order valence-corrected chi connectivity index (χ2v) is 4.94. The van der Waals surface area contributed by atoms with Crippen LogP contribution in [0.5, 0.6) is 5.75 Å². The SMILES string of the molecule is COc1ccc(COC2CCCCC2N)cc1C#N. The van der Waals surface area contributed by atoms with Gasteiger partial charge >= 0.3 is 0 Å². The average Bonchev–Trinajstić information content (AvgIpc) is 2.46. The van der Waals surface area contributed by atoms with Gasteiger partial charge in [-0.1, -0.05) is 18.9 Å². The Morgan fingerprint density at radius 3 is 2.84 bits per heavy atom. The van der Waals surface area contributed by atoms with Gasteiger partial charge < -0.3 is 15.2 Å². The Kier molecular flexibility index (Phi) is 4.78. The van der Waals surface area contributed by atoms with Gasteiger partial charge in [-0.25, -0.2) is 0 Å². The first kappa shape index (κ1) is 13.9. The zero-order chi connectivity index (χ0) is 13.7. The molecular formula is C15H20N2O2. The van der Waals surface area contributed by atoms with E-state index in [1.807, 2.05) is 12.1 Å². The van der Waals surface area contributed by atoms with E-state index in [1.54, 1.807) is 13.2 Å². The summed E-state index contributed by atoms with van der Waals surface area (Å²) in [6, 6.07) is 7.81. The van der Waals surface area contributed by atoms with Crippen molar-refractivity contribution >= 4 is 0 Å². The minimum atomic E-state index is 0.140. The maximum Gasteiger partial charge on any atom is 0.136 e. The molecule has 0 bridgehead atoms. The van der Waals surface area contributed by atoms with Gasteiger partial charge in [-0.05, 0) is 30.5 Å². The van der Waals surface area contributed by atoms with Crippen molar-refractivity contribution in [2.24, 2.45) is 5.73 Å². The Hall–Kier alpha value is -1.57. The number of nitriles is 1. The first-order valence-corrected chi connectivity index (χ1v) is 6.69. The molecule has 0 amide bonds. The second kappa shape index (κ2) is 6.55. The number of hydrogen-bond acceptors (Lipinski definition) is 4. The minimum Gasteiger partial charge on any atom is -0.495 e. The summed E-state index contributed by atoms with van der Waals surface area (Å²) in [5.74, 6) is 0.598. The summed E-state index contributed by atoms with van der Waals surface area (Å²) in [7, 11) is 1.56. The Bertz CT molecular complexity index is 468. The molecule has 2 N–H and O–H groups in total. The fraction of sp³-hybridized carbons (Fsp3) is 0.533. The predicted octanol–water partition coefficient (Wildman–Crippen LogP) is 2.35. The molecule has 4 nitrogen and oxygen atoms in total. The number of nitrogens with two attached hydrogens (primary N) is 1. The van der Waals surface area contributed by atoms with Gasteiger partial charge in [0.2, 0.25) is 0 Å². The molecule has 0 aromatic heterocycles. The van der Waals surface area contributed by atoms with Crippen LogP contribution in [0.4, 0.5) is 0 Å². The third kappa shape index (κ3) is 3.46. The molecule has 102 valence electrons. The summed E-state index contributed by atoms with van der Waals surface area (Å²) in [6.07, 6.45) is 4.59. The van der Waals surface area contributed by atoms with Crippen LogP contribution >= 0.6 is 0 Å². The summed E-state index contributed by atoms with van der Waals surface area (Å²) >= 11 is 0. The number of hydrogen-bond donors (Lipinski definition) is 1. The van der Waals surface area contributed by atoms with Crippen LogP contribution in [0.3, 0.4) is 0 Å². The van der Waals surface area contributed by atoms with Crippen molar-refractivity contribution in [3.05, 3.63) is 29.3 Å². The van der Waals surface area contributed by atoms with Crippen LogP contribution in [0.2, 0.25) is 0 Å². The van der Waals surface area contributed by atoms with E-state index in [9.17, 15) is 0 Å². The second-order valence-electron chi connectivity index (χ2n) is 4.94. The lowest BCUT2D eigenvalue weighted by atomic mass is 9.93. The van der Waals surface area contributed by atoms with E-state index in [0.29, 0.717) is 17.9 Å². The zero-order valence-electron chi connectivity index (χ0n) is 11.3. The Balaban J connectivity index is 1.98. The minimum absolute atomic E-state index is 0.140. The Labute approximate surface area is 114 Å². The topological polar surface area (TPSA) is 68.3 Å². The predicted molar refractivity (Wildman–Crippen MR) is 72.7 cm³/mol. The lowest BCUT2D eigenvalue weighted by Crippen LogP contribution is -2.39. The van der Waals surface area contributed by atoms with E-state index >= 15 is 0 Å². The highest BCUT2D eigenvalue weighted by Gasteiger charge is 2.22. The zero-order valence-corrected chi connectivity index (χ0v) is 11.3. The molecule has 0 heterocycles. The maximum atomic E-state index is 9.04.